The Morgan fingerprint density at radius 2 is 1.93 bits per heavy atom. The molecule has 0 saturated carbocycles. The first kappa shape index (κ1) is 11.5. The zero-order valence-corrected chi connectivity index (χ0v) is 8.21. The molecule has 0 spiro atoms. The number of phenols is 1. The van der Waals surface area contributed by atoms with E-state index in [4.69, 9.17) is 5.73 Å². The monoisotopic (exact) mass is 211 g/mol. The van der Waals surface area contributed by atoms with Crippen LogP contribution >= 0.6 is 0 Å². The maximum absolute atomic E-state index is 10.6. The van der Waals surface area contributed by atoms with E-state index < -0.39 is 18.1 Å². The van der Waals surface area contributed by atoms with Gasteiger partial charge < -0.3 is 21.1 Å². The molecule has 1 aromatic carbocycles. The summed E-state index contributed by atoms with van der Waals surface area (Å²) in [6.45, 7) is 1.71. The van der Waals surface area contributed by atoms with Crippen molar-refractivity contribution in [2.75, 3.05) is 0 Å². The number of aliphatic hydroxyl groups excluding tert-OH is 2. The Bertz CT molecular complexity index is 357. The van der Waals surface area contributed by atoms with Crippen LogP contribution in [0.4, 0.5) is 0 Å². The van der Waals surface area contributed by atoms with Crippen LogP contribution in [0.15, 0.2) is 18.2 Å². The molecule has 82 valence electrons. The summed E-state index contributed by atoms with van der Waals surface area (Å²) in [7, 11) is 0. The van der Waals surface area contributed by atoms with Crippen molar-refractivity contribution < 1.29 is 20.1 Å². The van der Waals surface area contributed by atoms with Crippen molar-refractivity contribution in [3.63, 3.8) is 0 Å². The molecule has 0 saturated heterocycles. The lowest BCUT2D eigenvalue weighted by Crippen LogP contribution is -2.33. The maximum Gasteiger partial charge on any atom is 0.249 e. The van der Waals surface area contributed by atoms with Crippen LogP contribution in [0.2, 0.25) is 0 Å². The standard InChI is InChI=1S/C10H13NO4/c1-5-2-6(4-7(12)3-5)8(13)9(14)10(11)15/h2-4,8-9,12-14H,1H3,(H2,11,15). The van der Waals surface area contributed by atoms with Gasteiger partial charge in [-0.1, -0.05) is 6.07 Å². The molecule has 0 aromatic heterocycles. The summed E-state index contributed by atoms with van der Waals surface area (Å²) in [4.78, 5) is 10.6. The second-order valence-electron chi connectivity index (χ2n) is 3.39. The van der Waals surface area contributed by atoms with E-state index in [0.29, 0.717) is 5.56 Å². The predicted molar refractivity (Wildman–Crippen MR) is 53.0 cm³/mol. The van der Waals surface area contributed by atoms with Crippen LogP contribution in [0, 0.1) is 6.92 Å². The normalized spacial score (nSPS) is 14.6. The molecular formula is C10H13NO4. The number of aromatic hydroxyl groups is 1. The Labute approximate surface area is 86.8 Å². The fourth-order valence-corrected chi connectivity index (χ4v) is 1.30. The van der Waals surface area contributed by atoms with Gasteiger partial charge >= 0.3 is 0 Å². The number of carbonyl (C=O) groups is 1. The smallest absolute Gasteiger partial charge is 0.249 e. The van der Waals surface area contributed by atoms with E-state index in [9.17, 15) is 20.1 Å². The molecule has 0 fully saturated rings. The summed E-state index contributed by atoms with van der Waals surface area (Å²) in [5.74, 6) is -1.05. The van der Waals surface area contributed by atoms with Gasteiger partial charge in [0, 0.05) is 0 Å². The first-order chi connectivity index (χ1) is 6.91. The Kier molecular flexibility index (Phi) is 3.28. The lowest BCUT2D eigenvalue weighted by atomic mass is 10.0. The van der Waals surface area contributed by atoms with Gasteiger partial charge in [0.25, 0.3) is 0 Å². The Hall–Kier alpha value is -1.59. The third-order valence-corrected chi connectivity index (χ3v) is 2.02. The lowest BCUT2D eigenvalue weighted by molar-refractivity contribution is -0.131. The van der Waals surface area contributed by atoms with E-state index in [2.05, 4.69) is 0 Å². The molecule has 5 nitrogen and oxygen atoms in total. The molecule has 0 aliphatic carbocycles. The summed E-state index contributed by atoms with van der Waals surface area (Å²) in [5.41, 5.74) is 5.80. The van der Waals surface area contributed by atoms with Crippen LogP contribution in [-0.2, 0) is 4.79 Å². The molecule has 0 aliphatic rings. The third-order valence-electron chi connectivity index (χ3n) is 2.02. The van der Waals surface area contributed by atoms with Gasteiger partial charge in [-0.25, -0.2) is 0 Å². The van der Waals surface area contributed by atoms with E-state index in [1.165, 1.54) is 12.1 Å². The summed E-state index contributed by atoms with van der Waals surface area (Å²) in [6, 6.07) is 4.31. The second kappa shape index (κ2) is 4.29. The second-order valence-corrected chi connectivity index (χ2v) is 3.39. The van der Waals surface area contributed by atoms with Gasteiger partial charge in [-0.2, -0.15) is 0 Å². The summed E-state index contributed by atoms with van der Waals surface area (Å²) >= 11 is 0. The fraction of sp³-hybridized carbons (Fsp3) is 0.300. The number of nitrogens with two attached hydrogens (primary N) is 1. The molecule has 2 unspecified atom stereocenters. The average molecular weight is 211 g/mol. The van der Waals surface area contributed by atoms with Gasteiger partial charge in [0.2, 0.25) is 5.91 Å². The number of phenolic OH excluding ortho intramolecular Hbond substituents is 1. The highest BCUT2D eigenvalue weighted by Gasteiger charge is 2.23. The number of aryl methyl sites for hydroxylation is 1. The van der Waals surface area contributed by atoms with Gasteiger partial charge in [-0.3, -0.25) is 4.79 Å². The molecule has 0 bridgehead atoms. The molecule has 1 rings (SSSR count). The van der Waals surface area contributed by atoms with Crippen molar-refractivity contribution in [2.45, 2.75) is 19.1 Å². The minimum atomic E-state index is -1.67. The lowest BCUT2D eigenvalue weighted by Gasteiger charge is -2.15. The third kappa shape index (κ3) is 2.68. The molecule has 0 heterocycles. The predicted octanol–water partition coefficient (Wildman–Crippen LogP) is -0.420. The summed E-state index contributed by atoms with van der Waals surface area (Å²) < 4.78 is 0. The van der Waals surface area contributed by atoms with Crippen molar-refractivity contribution >= 4 is 5.91 Å². The van der Waals surface area contributed by atoms with Crippen molar-refractivity contribution in [1.29, 1.82) is 0 Å². The minimum Gasteiger partial charge on any atom is -0.508 e. The highest BCUT2D eigenvalue weighted by Crippen LogP contribution is 2.23. The molecule has 0 radical (unpaired) electrons. The van der Waals surface area contributed by atoms with Gasteiger partial charge in [-0.15, -0.1) is 0 Å². The zero-order valence-electron chi connectivity index (χ0n) is 8.21. The number of carbonyl (C=O) groups excluding carboxylic acids is 1. The molecule has 0 aliphatic heterocycles. The van der Waals surface area contributed by atoms with Gasteiger partial charge in [0.05, 0.1) is 0 Å². The molecule has 5 N–H and O–H groups in total. The molecule has 1 aromatic rings. The van der Waals surface area contributed by atoms with Crippen molar-refractivity contribution in [1.82, 2.24) is 0 Å². The maximum atomic E-state index is 10.6. The highest BCUT2D eigenvalue weighted by molar-refractivity contribution is 5.79. The number of aliphatic hydroxyl groups is 2. The van der Waals surface area contributed by atoms with E-state index in [-0.39, 0.29) is 11.3 Å². The molecular weight excluding hydrogens is 198 g/mol. The topological polar surface area (TPSA) is 104 Å². The first-order valence-electron chi connectivity index (χ1n) is 4.38. The van der Waals surface area contributed by atoms with Crippen LogP contribution in [0.5, 0.6) is 5.75 Å². The van der Waals surface area contributed by atoms with Crippen LogP contribution in [-0.4, -0.2) is 27.3 Å². The van der Waals surface area contributed by atoms with E-state index in [0.717, 1.165) is 0 Å². The van der Waals surface area contributed by atoms with Crippen molar-refractivity contribution in [3.8, 4) is 5.75 Å². The van der Waals surface area contributed by atoms with E-state index >= 15 is 0 Å². The Morgan fingerprint density at radius 1 is 1.33 bits per heavy atom. The average Bonchev–Trinajstić information content (AvgIpc) is 2.13. The number of primary amides is 1. The molecule has 1 amide bonds. The number of hydrogen-bond donors (Lipinski definition) is 4. The van der Waals surface area contributed by atoms with Gasteiger partial charge in [0.1, 0.15) is 11.9 Å². The van der Waals surface area contributed by atoms with Gasteiger partial charge in [-0.05, 0) is 30.2 Å². The SMILES string of the molecule is Cc1cc(O)cc(C(O)C(O)C(N)=O)c1. The summed E-state index contributed by atoms with van der Waals surface area (Å²) in [6.07, 6.45) is -3.10. The highest BCUT2D eigenvalue weighted by atomic mass is 16.3. The minimum absolute atomic E-state index is 0.0410. The summed E-state index contributed by atoms with van der Waals surface area (Å²) in [5, 5.41) is 28.0. The number of amides is 1. The zero-order chi connectivity index (χ0) is 11.6. The molecule has 2 atom stereocenters. The van der Waals surface area contributed by atoms with Crippen LogP contribution < -0.4 is 5.73 Å². The number of benzene rings is 1. The van der Waals surface area contributed by atoms with E-state index in [1.54, 1.807) is 13.0 Å². The number of rotatable bonds is 3. The first-order valence-corrected chi connectivity index (χ1v) is 4.38. The van der Waals surface area contributed by atoms with Crippen LogP contribution in [0.25, 0.3) is 0 Å². The molecule has 5 heteroatoms. The fourth-order valence-electron chi connectivity index (χ4n) is 1.30. The Morgan fingerprint density at radius 3 is 2.40 bits per heavy atom. The van der Waals surface area contributed by atoms with Crippen molar-refractivity contribution in [3.05, 3.63) is 29.3 Å². The van der Waals surface area contributed by atoms with Crippen LogP contribution in [0.3, 0.4) is 0 Å². The van der Waals surface area contributed by atoms with E-state index in [1.807, 2.05) is 0 Å². The van der Waals surface area contributed by atoms with Gasteiger partial charge in [0.15, 0.2) is 6.10 Å². The Balaban J connectivity index is 3.00. The largest absolute Gasteiger partial charge is 0.508 e. The quantitative estimate of drug-likeness (QED) is 0.545. The van der Waals surface area contributed by atoms with Crippen LogP contribution in [0.1, 0.15) is 17.2 Å². The van der Waals surface area contributed by atoms with Crippen molar-refractivity contribution in [2.24, 2.45) is 5.73 Å². The number of hydrogen-bond acceptors (Lipinski definition) is 4. The molecule has 15 heavy (non-hydrogen) atoms.